The van der Waals surface area contributed by atoms with Crippen LogP contribution in [0, 0.1) is 0 Å². The summed E-state index contributed by atoms with van der Waals surface area (Å²) >= 11 is 0. The molecule has 0 saturated carbocycles. The number of aliphatic hydroxyl groups excluding tert-OH is 1. The van der Waals surface area contributed by atoms with Gasteiger partial charge in [0.2, 0.25) is 5.91 Å². The number of amides is 1. The molecule has 0 aromatic carbocycles. The Labute approximate surface area is 282 Å². The van der Waals surface area contributed by atoms with E-state index in [2.05, 4.69) is 55.6 Å². The van der Waals surface area contributed by atoms with Gasteiger partial charge in [-0.2, -0.15) is 0 Å². The van der Waals surface area contributed by atoms with Crippen molar-refractivity contribution in [2.75, 3.05) is 40.9 Å². The highest BCUT2D eigenvalue weighted by Gasteiger charge is 2.23. The van der Waals surface area contributed by atoms with Crippen molar-refractivity contribution in [3.8, 4) is 0 Å². The topological polar surface area (TPSA) is 108 Å². The second kappa shape index (κ2) is 29.6. The van der Waals surface area contributed by atoms with Crippen LogP contribution in [0.2, 0.25) is 0 Å². The number of phosphoric acid groups is 1. The van der Waals surface area contributed by atoms with Gasteiger partial charge in [0.1, 0.15) is 13.2 Å². The molecule has 3 unspecified atom stereocenters. The standard InChI is InChI=1S/C37H69N2O6P/c1-6-8-10-12-14-16-18-20-22-24-26-28-30-36(40)35(34-45-46(42,43)44-33-32-39(3,4)5)38-37(41)31-29-27-25-23-21-19-17-15-13-11-9-7-2/h12,14-15,17,20,22,28,30,35-36,40H,6-11,13,16,18-19,21,23-27,29,31-34H2,1-5H3,(H-,38,41,42,43)/b14-12+,17-15-,22-20+,30-28+. The van der Waals surface area contributed by atoms with Crippen molar-refractivity contribution >= 4 is 13.7 Å². The van der Waals surface area contributed by atoms with Crippen molar-refractivity contribution in [2.24, 2.45) is 0 Å². The van der Waals surface area contributed by atoms with E-state index in [0.717, 1.165) is 70.6 Å². The summed E-state index contributed by atoms with van der Waals surface area (Å²) in [5.74, 6) is -0.227. The molecule has 0 fully saturated rings. The van der Waals surface area contributed by atoms with Crippen LogP contribution >= 0.6 is 7.82 Å². The predicted octanol–water partition coefficient (Wildman–Crippen LogP) is 8.33. The van der Waals surface area contributed by atoms with Crippen LogP contribution in [0.4, 0.5) is 0 Å². The minimum absolute atomic E-state index is 0.0122. The molecular formula is C37H69N2O6P. The summed E-state index contributed by atoms with van der Waals surface area (Å²) in [6.45, 7) is 4.49. The molecule has 268 valence electrons. The van der Waals surface area contributed by atoms with Crippen LogP contribution in [0.5, 0.6) is 0 Å². The largest absolute Gasteiger partial charge is 0.756 e. The molecule has 2 N–H and O–H groups in total. The van der Waals surface area contributed by atoms with Gasteiger partial charge in [0.15, 0.2) is 0 Å². The van der Waals surface area contributed by atoms with Crippen molar-refractivity contribution in [3.05, 3.63) is 48.6 Å². The van der Waals surface area contributed by atoms with Crippen molar-refractivity contribution in [2.45, 2.75) is 142 Å². The number of nitrogens with zero attached hydrogens (tertiary/aromatic N) is 1. The predicted molar refractivity (Wildman–Crippen MR) is 191 cm³/mol. The van der Waals surface area contributed by atoms with E-state index in [4.69, 9.17) is 9.05 Å². The fourth-order valence-corrected chi connectivity index (χ4v) is 5.24. The molecule has 0 aliphatic heterocycles. The minimum atomic E-state index is -4.59. The molecule has 0 rings (SSSR count). The SMILES string of the molecule is CCCC/C=C/CC/C=C/CC/C=C/C(O)C(COP(=O)([O-])OCC[N+](C)(C)C)NC(=O)CCCCCCC/C=C\CCCCC. The minimum Gasteiger partial charge on any atom is -0.756 e. The summed E-state index contributed by atoms with van der Waals surface area (Å²) in [6.07, 6.45) is 34.4. The number of carbonyl (C=O) groups is 1. The molecule has 9 heteroatoms. The maximum Gasteiger partial charge on any atom is 0.268 e. The average molecular weight is 669 g/mol. The molecule has 0 radical (unpaired) electrons. The monoisotopic (exact) mass is 668 g/mol. The van der Waals surface area contributed by atoms with Gasteiger partial charge >= 0.3 is 0 Å². The fourth-order valence-electron chi connectivity index (χ4n) is 4.51. The van der Waals surface area contributed by atoms with Gasteiger partial charge in [-0.05, 0) is 64.2 Å². The second-order valence-electron chi connectivity index (χ2n) is 13.2. The maximum atomic E-state index is 12.7. The van der Waals surface area contributed by atoms with Gasteiger partial charge in [-0.3, -0.25) is 9.36 Å². The smallest absolute Gasteiger partial charge is 0.268 e. The van der Waals surface area contributed by atoms with Gasteiger partial charge in [-0.1, -0.05) is 107 Å². The summed E-state index contributed by atoms with van der Waals surface area (Å²) in [7, 11) is 1.22. The maximum absolute atomic E-state index is 12.7. The van der Waals surface area contributed by atoms with Crippen molar-refractivity contribution < 1.29 is 32.9 Å². The van der Waals surface area contributed by atoms with E-state index < -0.39 is 26.6 Å². The van der Waals surface area contributed by atoms with Crippen LogP contribution in [0.3, 0.4) is 0 Å². The van der Waals surface area contributed by atoms with Gasteiger partial charge in [-0.25, -0.2) is 0 Å². The molecule has 8 nitrogen and oxygen atoms in total. The number of carbonyl (C=O) groups excluding carboxylic acids is 1. The van der Waals surface area contributed by atoms with Gasteiger partial charge in [0, 0.05) is 6.42 Å². The number of allylic oxidation sites excluding steroid dienone is 7. The molecule has 0 aliphatic rings. The average Bonchev–Trinajstić information content (AvgIpc) is 2.99. The number of likely N-dealkylation sites (N-methyl/N-ethyl adjacent to an activating group) is 1. The van der Waals surface area contributed by atoms with Crippen LogP contribution in [0.1, 0.15) is 129 Å². The van der Waals surface area contributed by atoms with Crippen LogP contribution < -0.4 is 10.2 Å². The van der Waals surface area contributed by atoms with E-state index in [0.29, 0.717) is 17.4 Å². The fraction of sp³-hybridized carbons (Fsp3) is 0.757. The van der Waals surface area contributed by atoms with E-state index in [9.17, 15) is 19.4 Å². The first kappa shape index (κ1) is 44.5. The molecular weight excluding hydrogens is 599 g/mol. The molecule has 0 aliphatic carbocycles. The first-order chi connectivity index (χ1) is 22.0. The third-order valence-electron chi connectivity index (χ3n) is 7.49. The summed E-state index contributed by atoms with van der Waals surface area (Å²) < 4.78 is 23.0. The molecule has 0 aromatic heterocycles. The van der Waals surface area contributed by atoms with E-state index in [1.54, 1.807) is 6.08 Å². The van der Waals surface area contributed by atoms with E-state index in [1.165, 1.54) is 38.5 Å². The number of quaternary nitrogens is 1. The Morgan fingerprint density at radius 2 is 1.24 bits per heavy atom. The Balaban J connectivity index is 4.69. The summed E-state index contributed by atoms with van der Waals surface area (Å²) in [6, 6.07) is -0.910. The molecule has 0 spiro atoms. The number of phosphoric ester groups is 1. The number of unbranched alkanes of at least 4 members (excludes halogenated alkanes) is 12. The first-order valence-corrected chi connectivity index (χ1v) is 19.5. The second-order valence-corrected chi connectivity index (χ2v) is 14.6. The highest BCUT2D eigenvalue weighted by molar-refractivity contribution is 7.45. The molecule has 46 heavy (non-hydrogen) atoms. The molecule has 1 amide bonds. The van der Waals surface area contributed by atoms with Gasteiger partial charge in [-0.15, -0.1) is 0 Å². The normalized spacial score (nSPS) is 15.4. The third-order valence-corrected chi connectivity index (χ3v) is 8.45. The lowest BCUT2D eigenvalue weighted by Crippen LogP contribution is -2.45. The lowest BCUT2D eigenvalue weighted by Gasteiger charge is -2.29. The molecule has 0 saturated heterocycles. The molecule has 0 heterocycles. The molecule has 3 atom stereocenters. The Kier molecular flexibility index (Phi) is 28.6. The van der Waals surface area contributed by atoms with E-state index in [1.807, 2.05) is 27.2 Å². The zero-order valence-electron chi connectivity index (χ0n) is 30.0. The number of rotatable bonds is 31. The van der Waals surface area contributed by atoms with E-state index >= 15 is 0 Å². The summed E-state index contributed by atoms with van der Waals surface area (Å²) in [5, 5.41) is 13.6. The van der Waals surface area contributed by atoms with E-state index in [-0.39, 0.29) is 12.5 Å². The van der Waals surface area contributed by atoms with Crippen molar-refractivity contribution in [1.82, 2.24) is 5.32 Å². The Bertz CT molecular complexity index is 897. The number of aliphatic hydroxyl groups is 1. The van der Waals surface area contributed by atoms with Gasteiger partial charge in [0.25, 0.3) is 7.82 Å². The highest BCUT2D eigenvalue weighted by atomic mass is 31.2. The lowest BCUT2D eigenvalue weighted by atomic mass is 10.1. The number of nitrogens with one attached hydrogen (secondary N) is 1. The first-order valence-electron chi connectivity index (χ1n) is 18.0. The zero-order chi connectivity index (χ0) is 34.4. The lowest BCUT2D eigenvalue weighted by molar-refractivity contribution is -0.870. The number of hydrogen-bond donors (Lipinski definition) is 2. The van der Waals surface area contributed by atoms with Crippen molar-refractivity contribution in [3.63, 3.8) is 0 Å². The van der Waals surface area contributed by atoms with Crippen LogP contribution in [-0.2, 0) is 18.4 Å². The van der Waals surface area contributed by atoms with Gasteiger partial charge < -0.3 is 28.8 Å². The molecule has 0 bridgehead atoms. The third kappa shape index (κ3) is 31.1. The zero-order valence-corrected chi connectivity index (χ0v) is 30.9. The van der Waals surface area contributed by atoms with Crippen molar-refractivity contribution in [1.29, 1.82) is 0 Å². The van der Waals surface area contributed by atoms with Crippen LogP contribution in [0.15, 0.2) is 48.6 Å². The highest BCUT2D eigenvalue weighted by Crippen LogP contribution is 2.38. The Morgan fingerprint density at radius 3 is 1.83 bits per heavy atom. The van der Waals surface area contributed by atoms with Crippen LogP contribution in [0.25, 0.3) is 0 Å². The van der Waals surface area contributed by atoms with Crippen LogP contribution in [-0.4, -0.2) is 68.5 Å². The molecule has 0 aromatic rings. The number of hydrogen-bond acceptors (Lipinski definition) is 6. The summed E-state index contributed by atoms with van der Waals surface area (Å²) in [5.41, 5.74) is 0. The van der Waals surface area contributed by atoms with Gasteiger partial charge in [0.05, 0.1) is 39.9 Å². The Hall–Kier alpha value is -1.54. The quantitative estimate of drug-likeness (QED) is 0.0333. The Morgan fingerprint density at radius 1 is 0.739 bits per heavy atom. The summed E-state index contributed by atoms with van der Waals surface area (Å²) in [4.78, 5) is 25.1.